The highest BCUT2D eigenvalue weighted by Crippen LogP contribution is 2.44. The van der Waals surface area contributed by atoms with Gasteiger partial charge in [0.15, 0.2) is 0 Å². The largest absolute Gasteiger partial charge is 0.497 e. The van der Waals surface area contributed by atoms with Gasteiger partial charge in [-0.05, 0) is 55.5 Å². The summed E-state index contributed by atoms with van der Waals surface area (Å²) in [6, 6.07) is 10.7. The molecule has 5 nitrogen and oxygen atoms in total. The van der Waals surface area contributed by atoms with Gasteiger partial charge in [-0.3, -0.25) is 4.90 Å². The lowest BCUT2D eigenvalue weighted by molar-refractivity contribution is 0.181. The van der Waals surface area contributed by atoms with Gasteiger partial charge in [0.25, 0.3) is 0 Å². The Bertz CT molecular complexity index is 913. The Morgan fingerprint density at radius 1 is 1.21 bits per heavy atom. The van der Waals surface area contributed by atoms with Crippen molar-refractivity contribution in [3.63, 3.8) is 0 Å². The number of fused-ring (bicyclic) bond motifs is 4. The van der Waals surface area contributed by atoms with Gasteiger partial charge < -0.3 is 20.0 Å². The molecule has 5 heteroatoms. The van der Waals surface area contributed by atoms with E-state index >= 15 is 0 Å². The monoisotopic (exact) mass is 392 g/mol. The van der Waals surface area contributed by atoms with E-state index in [1.165, 1.54) is 22.5 Å². The van der Waals surface area contributed by atoms with Crippen molar-refractivity contribution in [2.45, 2.75) is 45.1 Å². The molecule has 1 spiro atoms. The van der Waals surface area contributed by atoms with E-state index in [-0.39, 0.29) is 5.54 Å². The lowest BCUT2D eigenvalue weighted by Crippen LogP contribution is -2.50. The van der Waals surface area contributed by atoms with Gasteiger partial charge in [0, 0.05) is 43.8 Å². The second kappa shape index (κ2) is 8.07. The van der Waals surface area contributed by atoms with Crippen LogP contribution in [0, 0.1) is 5.41 Å². The fourth-order valence-corrected chi connectivity index (χ4v) is 4.93. The summed E-state index contributed by atoms with van der Waals surface area (Å²) in [4.78, 5) is 2.51. The summed E-state index contributed by atoms with van der Waals surface area (Å²) in [6.07, 6.45) is 7.90. The first-order valence-corrected chi connectivity index (χ1v) is 10.7. The summed E-state index contributed by atoms with van der Waals surface area (Å²) < 4.78 is 7.79. The molecule has 154 valence electrons. The third-order valence-corrected chi connectivity index (χ3v) is 6.66. The number of nitrogens with zero attached hydrogens (tertiary/aromatic N) is 2. The molecule has 2 N–H and O–H groups in total. The van der Waals surface area contributed by atoms with Gasteiger partial charge in [-0.25, -0.2) is 0 Å². The maximum absolute atomic E-state index is 7.86. The van der Waals surface area contributed by atoms with Gasteiger partial charge in [-0.15, -0.1) is 0 Å². The molecule has 3 heterocycles. The smallest absolute Gasteiger partial charge is 0.121 e. The maximum Gasteiger partial charge on any atom is 0.121 e. The number of ether oxygens (including phenoxy) is 1. The number of nitrogens with one attached hydrogen (secondary N) is 2. The number of hydrogen-bond acceptors (Lipinski definition) is 4. The predicted octanol–water partition coefficient (Wildman–Crippen LogP) is 4.97. The molecule has 2 aliphatic rings. The second-order valence-corrected chi connectivity index (χ2v) is 8.11. The molecule has 0 atom stereocenters. The van der Waals surface area contributed by atoms with E-state index in [1.807, 2.05) is 6.07 Å². The van der Waals surface area contributed by atoms with E-state index in [0.29, 0.717) is 0 Å². The van der Waals surface area contributed by atoms with Crippen molar-refractivity contribution in [2.75, 3.05) is 32.1 Å². The summed E-state index contributed by atoms with van der Waals surface area (Å²) in [7, 11) is 1.72. The molecule has 0 unspecified atom stereocenters. The van der Waals surface area contributed by atoms with E-state index < -0.39 is 0 Å². The predicted molar refractivity (Wildman–Crippen MR) is 120 cm³/mol. The highest BCUT2D eigenvalue weighted by molar-refractivity contribution is 5.77. The summed E-state index contributed by atoms with van der Waals surface area (Å²) in [5, 5.41) is 11.7. The maximum atomic E-state index is 7.86. The van der Waals surface area contributed by atoms with Gasteiger partial charge in [0.1, 0.15) is 5.75 Å². The third kappa shape index (κ3) is 3.48. The minimum atomic E-state index is -0.0493. The van der Waals surface area contributed by atoms with E-state index in [1.54, 1.807) is 13.3 Å². The van der Waals surface area contributed by atoms with Crippen LogP contribution in [0.4, 0.5) is 5.69 Å². The molecule has 1 fully saturated rings. The first-order chi connectivity index (χ1) is 14.1. The number of aromatic nitrogens is 1. The van der Waals surface area contributed by atoms with Crippen LogP contribution >= 0.6 is 0 Å². The number of piperidine rings is 1. The molecule has 0 radical (unpaired) electrons. The van der Waals surface area contributed by atoms with Crippen molar-refractivity contribution < 1.29 is 4.74 Å². The minimum absolute atomic E-state index is 0.0493. The van der Waals surface area contributed by atoms with Crippen molar-refractivity contribution in [3.05, 3.63) is 53.4 Å². The lowest BCUT2D eigenvalue weighted by atomic mass is 9.82. The van der Waals surface area contributed by atoms with E-state index in [2.05, 4.69) is 59.1 Å². The van der Waals surface area contributed by atoms with Crippen molar-refractivity contribution in [1.29, 1.82) is 5.41 Å². The van der Waals surface area contributed by atoms with Crippen LogP contribution in [0.5, 0.6) is 5.75 Å². The quantitative estimate of drug-likeness (QED) is 0.683. The van der Waals surface area contributed by atoms with Crippen molar-refractivity contribution in [2.24, 2.45) is 0 Å². The number of anilines is 1. The average Bonchev–Trinajstić information content (AvgIpc) is 3.26. The van der Waals surface area contributed by atoms with E-state index in [9.17, 15) is 0 Å². The molecular weight excluding hydrogens is 360 g/mol. The van der Waals surface area contributed by atoms with Crippen LogP contribution < -0.4 is 10.1 Å². The fourth-order valence-electron chi connectivity index (χ4n) is 4.93. The molecule has 0 aliphatic carbocycles. The molecule has 0 saturated carbocycles. The molecular formula is C24H32N4O. The Kier molecular flexibility index (Phi) is 5.50. The van der Waals surface area contributed by atoms with Gasteiger partial charge >= 0.3 is 0 Å². The van der Waals surface area contributed by atoms with Gasteiger partial charge in [-0.1, -0.05) is 19.4 Å². The second-order valence-electron chi connectivity index (χ2n) is 8.11. The first-order valence-electron chi connectivity index (χ1n) is 10.7. The number of rotatable bonds is 6. The molecule has 1 saturated heterocycles. The molecule has 2 aromatic rings. The molecule has 1 aromatic carbocycles. The van der Waals surface area contributed by atoms with Gasteiger partial charge in [0.05, 0.1) is 24.0 Å². The minimum Gasteiger partial charge on any atom is -0.497 e. The molecule has 4 rings (SSSR count). The van der Waals surface area contributed by atoms with Crippen LogP contribution in [-0.2, 0) is 5.54 Å². The highest BCUT2D eigenvalue weighted by atomic mass is 16.5. The Hall–Kier alpha value is -2.53. The van der Waals surface area contributed by atoms with E-state index in [0.717, 1.165) is 56.8 Å². The summed E-state index contributed by atoms with van der Waals surface area (Å²) in [6.45, 7) is 7.33. The summed E-state index contributed by atoms with van der Waals surface area (Å²) in [5.74, 6) is 0.881. The molecule has 29 heavy (non-hydrogen) atoms. The first kappa shape index (κ1) is 19.8. The van der Waals surface area contributed by atoms with Crippen LogP contribution in [0.15, 0.2) is 47.7 Å². The number of hydrogen-bond donors (Lipinski definition) is 2. The Morgan fingerprint density at radius 2 is 1.97 bits per heavy atom. The van der Waals surface area contributed by atoms with Crippen LogP contribution in [0.2, 0.25) is 0 Å². The van der Waals surface area contributed by atoms with Crippen LogP contribution in [0.3, 0.4) is 0 Å². The third-order valence-electron chi connectivity index (χ3n) is 6.66. The van der Waals surface area contributed by atoms with Crippen LogP contribution in [0.25, 0.3) is 5.69 Å². The van der Waals surface area contributed by atoms with Gasteiger partial charge in [0.2, 0.25) is 0 Å². The van der Waals surface area contributed by atoms with Crippen LogP contribution in [0.1, 0.15) is 45.2 Å². The van der Waals surface area contributed by atoms with E-state index in [4.69, 9.17) is 10.1 Å². The zero-order valence-corrected chi connectivity index (χ0v) is 17.8. The zero-order valence-electron chi connectivity index (χ0n) is 17.8. The lowest BCUT2D eigenvalue weighted by Gasteiger charge is -2.46. The molecule has 2 aliphatic heterocycles. The van der Waals surface area contributed by atoms with Crippen molar-refractivity contribution in [1.82, 2.24) is 9.47 Å². The SMILES string of the molecule is CCC(CC)=C(C=N)CN1CCC2(CC1)Nc1cc(OC)ccc1-n1cccc12. The summed E-state index contributed by atoms with van der Waals surface area (Å²) in [5.41, 5.74) is 6.23. The number of allylic oxidation sites excluding steroid dienone is 1. The van der Waals surface area contributed by atoms with Crippen molar-refractivity contribution in [3.8, 4) is 11.4 Å². The Balaban J connectivity index is 1.57. The topological polar surface area (TPSA) is 53.3 Å². The molecule has 0 bridgehead atoms. The molecule has 0 amide bonds. The Morgan fingerprint density at radius 3 is 2.62 bits per heavy atom. The zero-order chi connectivity index (χ0) is 20.4. The van der Waals surface area contributed by atoms with Gasteiger partial charge in [-0.2, -0.15) is 0 Å². The average molecular weight is 393 g/mol. The Labute approximate surface area is 173 Å². The normalized spacial score (nSPS) is 17.2. The number of methoxy groups -OCH3 is 1. The van der Waals surface area contributed by atoms with Crippen LogP contribution in [-0.4, -0.2) is 42.4 Å². The molecule has 1 aromatic heterocycles. The standard InChI is InChI=1S/C24H32N4O/c1-4-18(5-2)19(16-25)17-27-13-10-24(11-14-27)23-7-6-12-28(23)22-9-8-20(29-3)15-21(22)26-24/h6-9,12,15-16,25-26H,4-5,10-11,13-14,17H2,1-3H3. The number of likely N-dealkylation sites (tertiary alicyclic amines) is 1. The highest BCUT2D eigenvalue weighted by Gasteiger charge is 2.41. The fraction of sp³-hybridized carbons (Fsp3) is 0.458. The summed E-state index contributed by atoms with van der Waals surface area (Å²) >= 11 is 0. The van der Waals surface area contributed by atoms with Crippen molar-refractivity contribution >= 4 is 11.9 Å². The number of benzene rings is 1.